The molecule has 0 saturated carbocycles. The summed E-state index contributed by atoms with van der Waals surface area (Å²) in [7, 11) is 0. The van der Waals surface area contributed by atoms with Crippen molar-refractivity contribution in [3.63, 3.8) is 0 Å². The van der Waals surface area contributed by atoms with Crippen molar-refractivity contribution in [2.45, 2.75) is 19.4 Å². The Labute approximate surface area is 121 Å². The summed E-state index contributed by atoms with van der Waals surface area (Å²) < 4.78 is 0. The van der Waals surface area contributed by atoms with E-state index in [-0.39, 0.29) is 5.91 Å². The molecule has 0 aliphatic carbocycles. The summed E-state index contributed by atoms with van der Waals surface area (Å²) in [6.07, 6.45) is 4.03. The number of hydrogen-bond donors (Lipinski definition) is 4. The molecule has 0 bridgehead atoms. The first kappa shape index (κ1) is 13.4. The lowest BCUT2D eigenvalue weighted by atomic mass is 10.1. The predicted molar refractivity (Wildman–Crippen MR) is 81.9 cm³/mol. The highest BCUT2D eigenvalue weighted by Crippen LogP contribution is 2.19. The topological polar surface area (TPSA) is 99.6 Å². The minimum Gasteiger partial charge on any atom is -0.361 e. The molecule has 1 atom stereocenters. The van der Waals surface area contributed by atoms with Crippen LogP contribution < -0.4 is 11.1 Å². The molecule has 6 nitrogen and oxygen atoms in total. The SMILES string of the molecule is Cc1cn[nH]c1NC(=O)C(N)Cc1c[nH]c2ccccc12. The summed E-state index contributed by atoms with van der Waals surface area (Å²) in [5.41, 5.74) is 8.97. The number of nitrogens with two attached hydrogens (primary N) is 1. The van der Waals surface area contributed by atoms with Gasteiger partial charge in [-0.25, -0.2) is 0 Å². The molecule has 3 rings (SSSR count). The van der Waals surface area contributed by atoms with E-state index in [1.54, 1.807) is 6.20 Å². The van der Waals surface area contributed by atoms with Crippen molar-refractivity contribution in [1.29, 1.82) is 0 Å². The number of nitrogens with zero attached hydrogens (tertiary/aromatic N) is 1. The van der Waals surface area contributed by atoms with E-state index in [0.29, 0.717) is 12.2 Å². The van der Waals surface area contributed by atoms with E-state index in [1.807, 2.05) is 37.4 Å². The second-order valence-corrected chi connectivity index (χ2v) is 5.09. The van der Waals surface area contributed by atoms with Crippen molar-refractivity contribution in [3.05, 3.63) is 47.8 Å². The van der Waals surface area contributed by atoms with Crippen molar-refractivity contribution in [2.75, 3.05) is 5.32 Å². The molecule has 1 aromatic carbocycles. The Morgan fingerprint density at radius 1 is 1.43 bits per heavy atom. The summed E-state index contributed by atoms with van der Waals surface area (Å²) in [5, 5.41) is 10.5. The summed E-state index contributed by atoms with van der Waals surface area (Å²) in [6.45, 7) is 1.87. The number of benzene rings is 1. The van der Waals surface area contributed by atoms with Crippen LogP contribution in [0.3, 0.4) is 0 Å². The molecule has 3 aromatic rings. The average Bonchev–Trinajstić information content (AvgIpc) is 3.07. The number of para-hydroxylation sites is 1. The first-order valence-corrected chi connectivity index (χ1v) is 6.76. The van der Waals surface area contributed by atoms with Crippen molar-refractivity contribution in [2.24, 2.45) is 5.73 Å². The van der Waals surface area contributed by atoms with Gasteiger partial charge in [0.05, 0.1) is 12.2 Å². The first-order chi connectivity index (χ1) is 10.1. The zero-order valence-electron chi connectivity index (χ0n) is 11.7. The number of carbonyl (C=O) groups is 1. The molecule has 21 heavy (non-hydrogen) atoms. The Morgan fingerprint density at radius 3 is 3.00 bits per heavy atom. The van der Waals surface area contributed by atoms with Gasteiger partial charge in [-0.1, -0.05) is 18.2 Å². The lowest BCUT2D eigenvalue weighted by Crippen LogP contribution is -2.37. The second-order valence-electron chi connectivity index (χ2n) is 5.09. The van der Waals surface area contributed by atoms with E-state index in [1.165, 1.54) is 0 Å². The van der Waals surface area contributed by atoms with Gasteiger partial charge in [-0.3, -0.25) is 9.89 Å². The summed E-state index contributed by atoms with van der Waals surface area (Å²) >= 11 is 0. The van der Waals surface area contributed by atoms with Crippen LogP contribution in [0.2, 0.25) is 0 Å². The molecule has 0 saturated heterocycles. The van der Waals surface area contributed by atoms with Crippen molar-refractivity contribution < 1.29 is 4.79 Å². The third kappa shape index (κ3) is 2.66. The van der Waals surface area contributed by atoms with E-state index < -0.39 is 6.04 Å². The van der Waals surface area contributed by atoms with Crippen molar-refractivity contribution in [3.8, 4) is 0 Å². The molecule has 0 aliphatic heterocycles. The summed E-state index contributed by atoms with van der Waals surface area (Å²) in [6, 6.07) is 7.34. The van der Waals surface area contributed by atoms with Crippen LogP contribution in [0.5, 0.6) is 0 Å². The average molecular weight is 283 g/mol. The lowest BCUT2D eigenvalue weighted by Gasteiger charge is -2.11. The number of anilines is 1. The molecule has 0 aliphatic rings. The molecule has 1 unspecified atom stereocenters. The fraction of sp³-hybridized carbons (Fsp3) is 0.200. The fourth-order valence-corrected chi connectivity index (χ4v) is 2.32. The number of aromatic nitrogens is 3. The van der Waals surface area contributed by atoms with Crippen LogP contribution in [0.4, 0.5) is 5.82 Å². The highest BCUT2D eigenvalue weighted by Gasteiger charge is 2.17. The van der Waals surface area contributed by atoms with Crippen molar-refractivity contribution in [1.82, 2.24) is 15.2 Å². The third-order valence-corrected chi connectivity index (χ3v) is 3.53. The smallest absolute Gasteiger partial charge is 0.242 e. The number of nitrogens with one attached hydrogen (secondary N) is 3. The van der Waals surface area contributed by atoms with Gasteiger partial charge in [-0.15, -0.1) is 0 Å². The van der Waals surface area contributed by atoms with Crippen LogP contribution in [-0.2, 0) is 11.2 Å². The van der Waals surface area contributed by atoms with Gasteiger partial charge < -0.3 is 16.0 Å². The van der Waals surface area contributed by atoms with Gasteiger partial charge in [0, 0.05) is 22.7 Å². The van der Waals surface area contributed by atoms with Crippen LogP contribution in [0, 0.1) is 6.92 Å². The molecule has 0 fully saturated rings. The normalized spacial score (nSPS) is 12.5. The van der Waals surface area contributed by atoms with Crippen LogP contribution >= 0.6 is 0 Å². The quantitative estimate of drug-likeness (QED) is 0.586. The van der Waals surface area contributed by atoms with Gasteiger partial charge in [0.1, 0.15) is 5.82 Å². The Hall–Kier alpha value is -2.60. The predicted octanol–water partition coefficient (Wildman–Crippen LogP) is 1.71. The number of rotatable bonds is 4. The fourth-order valence-electron chi connectivity index (χ4n) is 2.32. The molecule has 6 heteroatoms. The van der Waals surface area contributed by atoms with Gasteiger partial charge in [-0.2, -0.15) is 5.10 Å². The number of aromatic amines is 2. The molecular weight excluding hydrogens is 266 g/mol. The highest BCUT2D eigenvalue weighted by molar-refractivity contribution is 5.95. The second kappa shape index (κ2) is 5.41. The molecule has 0 radical (unpaired) electrons. The van der Waals surface area contributed by atoms with Gasteiger partial charge in [-0.05, 0) is 25.0 Å². The molecule has 1 amide bonds. The van der Waals surface area contributed by atoms with E-state index in [4.69, 9.17) is 5.73 Å². The van der Waals surface area contributed by atoms with Gasteiger partial charge >= 0.3 is 0 Å². The molecule has 2 heterocycles. The summed E-state index contributed by atoms with van der Waals surface area (Å²) in [5.74, 6) is 0.363. The number of hydrogen-bond acceptors (Lipinski definition) is 3. The standard InChI is InChI=1S/C15H17N5O/c1-9-7-18-20-14(9)19-15(21)12(16)6-10-8-17-13-5-3-2-4-11(10)13/h2-5,7-8,12,17H,6,16H2,1H3,(H2,18,19,20,21). The van der Waals surface area contributed by atoms with Crippen molar-refractivity contribution >= 4 is 22.6 Å². The minimum atomic E-state index is -0.619. The van der Waals surface area contributed by atoms with E-state index in [2.05, 4.69) is 20.5 Å². The number of aryl methyl sites for hydroxylation is 1. The first-order valence-electron chi connectivity index (χ1n) is 6.76. The number of amides is 1. The Kier molecular flexibility index (Phi) is 3.45. The number of carbonyl (C=O) groups excluding carboxylic acids is 1. The highest BCUT2D eigenvalue weighted by atomic mass is 16.2. The van der Waals surface area contributed by atoms with Gasteiger partial charge in [0.15, 0.2) is 0 Å². The Balaban J connectivity index is 1.72. The number of H-pyrrole nitrogens is 2. The zero-order chi connectivity index (χ0) is 14.8. The maximum absolute atomic E-state index is 12.1. The molecule has 2 aromatic heterocycles. The van der Waals surface area contributed by atoms with Crippen LogP contribution in [0.1, 0.15) is 11.1 Å². The van der Waals surface area contributed by atoms with Gasteiger partial charge in [0.25, 0.3) is 0 Å². The number of fused-ring (bicyclic) bond motifs is 1. The maximum atomic E-state index is 12.1. The Bertz CT molecular complexity index is 773. The van der Waals surface area contributed by atoms with E-state index in [9.17, 15) is 4.79 Å². The molecule has 5 N–H and O–H groups in total. The summed E-state index contributed by atoms with van der Waals surface area (Å²) in [4.78, 5) is 15.3. The van der Waals surface area contributed by atoms with Gasteiger partial charge in [0.2, 0.25) is 5.91 Å². The largest absolute Gasteiger partial charge is 0.361 e. The van der Waals surface area contributed by atoms with Crippen LogP contribution in [-0.4, -0.2) is 27.1 Å². The monoisotopic (exact) mass is 283 g/mol. The Morgan fingerprint density at radius 2 is 2.24 bits per heavy atom. The van der Waals surface area contributed by atoms with E-state index >= 15 is 0 Å². The maximum Gasteiger partial charge on any atom is 0.242 e. The zero-order valence-corrected chi connectivity index (χ0v) is 11.7. The van der Waals surface area contributed by atoms with Crippen LogP contribution in [0.15, 0.2) is 36.7 Å². The molecule has 0 spiro atoms. The minimum absolute atomic E-state index is 0.229. The molecule has 108 valence electrons. The lowest BCUT2D eigenvalue weighted by molar-refractivity contribution is -0.117. The van der Waals surface area contributed by atoms with Crippen LogP contribution in [0.25, 0.3) is 10.9 Å². The van der Waals surface area contributed by atoms with E-state index in [0.717, 1.165) is 22.0 Å². The third-order valence-electron chi connectivity index (χ3n) is 3.53. The molecular formula is C15H17N5O.